The first-order chi connectivity index (χ1) is 13.3. The molecule has 0 aliphatic rings. The van der Waals surface area contributed by atoms with Crippen LogP contribution in [-0.2, 0) is 9.59 Å². The smallest absolute Gasteiger partial charge is 0.241 e. The molecule has 2 N–H and O–H groups in total. The Morgan fingerprint density at radius 3 is 2.32 bits per heavy atom. The number of nitrogens with zero attached hydrogens (tertiary/aromatic N) is 1. The van der Waals surface area contributed by atoms with Gasteiger partial charge in [0, 0.05) is 16.4 Å². The number of hydrogen-bond donors (Lipinski definition) is 2. The summed E-state index contributed by atoms with van der Waals surface area (Å²) in [5, 5.41) is 6.42. The fourth-order valence-corrected chi connectivity index (χ4v) is 2.92. The molecule has 2 amide bonds. The van der Waals surface area contributed by atoms with Gasteiger partial charge in [-0.1, -0.05) is 43.6 Å². The summed E-state index contributed by atoms with van der Waals surface area (Å²) in [5.41, 5.74) is 2.61. The predicted molar refractivity (Wildman–Crippen MR) is 116 cm³/mol. The molecule has 2 atom stereocenters. The van der Waals surface area contributed by atoms with Crippen molar-refractivity contribution < 1.29 is 9.59 Å². The molecule has 0 radical (unpaired) electrons. The monoisotopic (exact) mass is 401 g/mol. The van der Waals surface area contributed by atoms with Crippen LogP contribution in [0.5, 0.6) is 0 Å². The van der Waals surface area contributed by atoms with E-state index in [0.29, 0.717) is 16.6 Å². The first-order valence-electron chi connectivity index (χ1n) is 9.47. The summed E-state index contributed by atoms with van der Waals surface area (Å²) in [6.07, 6.45) is 0.993. The maximum Gasteiger partial charge on any atom is 0.241 e. The Morgan fingerprint density at radius 1 is 1.04 bits per heavy atom. The maximum atomic E-state index is 12.7. The third-order valence-corrected chi connectivity index (χ3v) is 5.18. The van der Waals surface area contributed by atoms with Gasteiger partial charge < -0.3 is 10.6 Å². The van der Waals surface area contributed by atoms with Crippen LogP contribution in [0.1, 0.15) is 38.7 Å². The van der Waals surface area contributed by atoms with E-state index >= 15 is 0 Å². The number of carbonyl (C=O) groups excluding carboxylic acids is 2. The van der Waals surface area contributed by atoms with Gasteiger partial charge in [0.15, 0.2) is 0 Å². The van der Waals surface area contributed by atoms with Crippen molar-refractivity contribution >= 4 is 34.8 Å². The molecule has 0 saturated heterocycles. The molecule has 2 rings (SSSR count). The number of carbonyl (C=O) groups is 2. The molecule has 0 aliphatic heterocycles. The van der Waals surface area contributed by atoms with Gasteiger partial charge in [-0.2, -0.15) is 0 Å². The van der Waals surface area contributed by atoms with Gasteiger partial charge in [-0.25, -0.2) is 0 Å². The lowest BCUT2D eigenvalue weighted by Crippen LogP contribution is -2.43. The molecular weight excluding hydrogens is 374 g/mol. The van der Waals surface area contributed by atoms with E-state index in [4.69, 9.17) is 11.6 Å². The Hall–Kier alpha value is -2.37. The molecule has 0 fully saturated rings. The van der Waals surface area contributed by atoms with Crippen LogP contribution in [0.4, 0.5) is 11.4 Å². The van der Waals surface area contributed by atoms with Gasteiger partial charge in [-0.05, 0) is 62.2 Å². The molecule has 28 heavy (non-hydrogen) atoms. The van der Waals surface area contributed by atoms with E-state index < -0.39 is 6.04 Å². The number of para-hydroxylation sites is 1. The molecule has 0 heterocycles. The Bertz CT molecular complexity index is 808. The van der Waals surface area contributed by atoms with Crippen molar-refractivity contribution in [2.45, 2.75) is 39.2 Å². The van der Waals surface area contributed by atoms with Crippen molar-refractivity contribution in [3.05, 3.63) is 59.1 Å². The van der Waals surface area contributed by atoms with Crippen molar-refractivity contribution in [1.82, 2.24) is 4.90 Å². The number of halogens is 1. The standard InChI is InChI=1S/C22H28ClN3O2/c1-5-15(2)19-8-6-7-9-20(19)25-22(28)16(3)26(4)14-21(27)24-18-12-10-17(23)11-13-18/h6-13,15-16H,5,14H2,1-4H3,(H,24,27)(H,25,28)/t15-,16+/m1/s1. The summed E-state index contributed by atoms with van der Waals surface area (Å²) < 4.78 is 0. The van der Waals surface area contributed by atoms with Crippen LogP contribution in [0, 0.1) is 0 Å². The zero-order valence-corrected chi connectivity index (χ0v) is 17.6. The van der Waals surface area contributed by atoms with Crippen molar-refractivity contribution in [3.8, 4) is 0 Å². The topological polar surface area (TPSA) is 61.4 Å². The second-order valence-corrected chi connectivity index (χ2v) is 7.47. The highest BCUT2D eigenvalue weighted by Crippen LogP contribution is 2.26. The minimum absolute atomic E-state index is 0.101. The molecule has 2 aromatic rings. The zero-order valence-electron chi connectivity index (χ0n) is 16.8. The average molecular weight is 402 g/mol. The van der Waals surface area contributed by atoms with E-state index in [2.05, 4.69) is 24.5 Å². The molecule has 0 aromatic heterocycles. The van der Waals surface area contributed by atoms with Gasteiger partial charge in [-0.15, -0.1) is 0 Å². The zero-order chi connectivity index (χ0) is 20.7. The molecule has 2 aromatic carbocycles. The van der Waals surface area contributed by atoms with Gasteiger partial charge >= 0.3 is 0 Å². The maximum absolute atomic E-state index is 12.7. The third-order valence-electron chi connectivity index (χ3n) is 4.92. The van der Waals surface area contributed by atoms with Gasteiger partial charge in [0.25, 0.3) is 0 Å². The second-order valence-electron chi connectivity index (χ2n) is 7.03. The molecule has 0 saturated carbocycles. The fourth-order valence-electron chi connectivity index (χ4n) is 2.80. The molecular formula is C22H28ClN3O2. The number of hydrogen-bond acceptors (Lipinski definition) is 3. The lowest BCUT2D eigenvalue weighted by atomic mass is 9.97. The average Bonchev–Trinajstić information content (AvgIpc) is 2.68. The Labute approximate surface area is 172 Å². The quantitative estimate of drug-likeness (QED) is 0.670. The molecule has 0 bridgehead atoms. The van der Waals surface area contributed by atoms with Gasteiger partial charge in [-0.3, -0.25) is 14.5 Å². The van der Waals surface area contributed by atoms with Crippen molar-refractivity contribution in [2.75, 3.05) is 24.2 Å². The second kappa shape index (κ2) is 10.2. The van der Waals surface area contributed by atoms with Crippen molar-refractivity contribution in [2.24, 2.45) is 0 Å². The highest BCUT2D eigenvalue weighted by atomic mass is 35.5. The van der Waals surface area contributed by atoms with Gasteiger partial charge in [0.1, 0.15) is 0 Å². The number of benzene rings is 2. The van der Waals surface area contributed by atoms with Gasteiger partial charge in [0.2, 0.25) is 11.8 Å². The van der Waals surface area contributed by atoms with E-state index in [9.17, 15) is 9.59 Å². The number of rotatable bonds is 8. The largest absolute Gasteiger partial charge is 0.325 e. The van der Waals surface area contributed by atoms with Crippen molar-refractivity contribution in [1.29, 1.82) is 0 Å². The highest BCUT2D eigenvalue weighted by Gasteiger charge is 2.21. The predicted octanol–water partition coefficient (Wildman–Crippen LogP) is 4.75. The summed E-state index contributed by atoms with van der Waals surface area (Å²) in [5.74, 6) is 0.0247. The minimum atomic E-state index is -0.457. The number of amides is 2. The van der Waals surface area contributed by atoms with Crippen LogP contribution in [0.2, 0.25) is 5.02 Å². The summed E-state index contributed by atoms with van der Waals surface area (Å²) in [4.78, 5) is 26.7. The van der Waals surface area contributed by atoms with Gasteiger partial charge in [0.05, 0.1) is 12.6 Å². The lowest BCUT2D eigenvalue weighted by Gasteiger charge is -2.24. The van der Waals surface area contributed by atoms with Crippen LogP contribution in [0.25, 0.3) is 0 Å². The van der Waals surface area contributed by atoms with E-state index in [1.165, 1.54) is 0 Å². The van der Waals surface area contributed by atoms with Crippen molar-refractivity contribution in [3.63, 3.8) is 0 Å². The minimum Gasteiger partial charge on any atom is -0.325 e. The van der Waals surface area contributed by atoms with Crippen LogP contribution < -0.4 is 10.6 Å². The summed E-state index contributed by atoms with van der Waals surface area (Å²) in [7, 11) is 1.76. The Balaban J connectivity index is 1.95. The first-order valence-corrected chi connectivity index (χ1v) is 9.85. The Kier molecular flexibility index (Phi) is 8.03. The molecule has 150 valence electrons. The summed E-state index contributed by atoms with van der Waals surface area (Å²) in [6, 6.07) is 14.3. The lowest BCUT2D eigenvalue weighted by molar-refractivity contribution is -0.122. The summed E-state index contributed by atoms with van der Waals surface area (Å²) in [6.45, 7) is 6.15. The molecule has 0 spiro atoms. The number of nitrogens with one attached hydrogen (secondary N) is 2. The molecule has 6 heteroatoms. The summed E-state index contributed by atoms with van der Waals surface area (Å²) >= 11 is 5.85. The number of anilines is 2. The molecule has 0 aliphatic carbocycles. The molecule has 5 nitrogen and oxygen atoms in total. The highest BCUT2D eigenvalue weighted by molar-refractivity contribution is 6.30. The van der Waals surface area contributed by atoms with E-state index in [-0.39, 0.29) is 18.4 Å². The van der Waals surface area contributed by atoms with Crippen LogP contribution in [0.3, 0.4) is 0 Å². The fraction of sp³-hybridized carbons (Fsp3) is 0.364. The van der Waals surface area contributed by atoms with E-state index in [1.807, 2.05) is 24.3 Å². The SMILES string of the molecule is CC[C@@H](C)c1ccccc1NC(=O)[C@H](C)N(C)CC(=O)Nc1ccc(Cl)cc1. The third kappa shape index (κ3) is 6.08. The van der Waals surface area contributed by atoms with E-state index in [1.54, 1.807) is 43.1 Å². The van der Waals surface area contributed by atoms with E-state index in [0.717, 1.165) is 17.7 Å². The Morgan fingerprint density at radius 2 is 1.68 bits per heavy atom. The normalized spacial score (nSPS) is 13.1. The molecule has 0 unspecified atom stereocenters. The van der Waals surface area contributed by atoms with Crippen LogP contribution in [-0.4, -0.2) is 36.3 Å². The first kappa shape index (κ1) is 21.9. The van der Waals surface area contributed by atoms with Crippen LogP contribution >= 0.6 is 11.6 Å². The number of likely N-dealkylation sites (N-methyl/N-ethyl adjacent to an activating group) is 1. The van der Waals surface area contributed by atoms with Crippen LogP contribution in [0.15, 0.2) is 48.5 Å².